The van der Waals surface area contributed by atoms with Crippen molar-refractivity contribution in [3.8, 4) is 0 Å². The zero-order valence-corrected chi connectivity index (χ0v) is 15.8. The number of hydrogen-bond acceptors (Lipinski definition) is 4. The summed E-state index contributed by atoms with van der Waals surface area (Å²) in [7, 11) is 3.49. The van der Waals surface area contributed by atoms with Crippen LogP contribution in [0.15, 0.2) is 24.3 Å². The van der Waals surface area contributed by atoms with Crippen LogP contribution in [-0.2, 0) is 20.8 Å². The third-order valence-electron chi connectivity index (χ3n) is 5.24. The summed E-state index contributed by atoms with van der Waals surface area (Å²) in [5, 5.41) is 0.774. The summed E-state index contributed by atoms with van der Waals surface area (Å²) in [6, 6.07) is 8.03. The zero-order chi connectivity index (χ0) is 17.9. The summed E-state index contributed by atoms with van der Waals surface area (Å²) >= 11 is 5.94. The van der Waals surface area contributed by atoms with Gasteiger partial charge in [0.05, 0.1) is 5.60 Å². The van der Waals surface area contributed by atoms with E-state index >= 15 is 0 Å². The Morgan fingerprint density at radius 1 is 1.36 bits per heavy atom. The SMILES string of the molecule is CN(C)C(=O)COCCC1CCOC12CN(Cc1ccc(Cl)cc1)C2. The van der Waals surface area contributed by atoms with Crippen molar-refractivity contribution in [2.24, 2.45) is 5.92 Å². The molecule has 1 amide bonds. The van der Waals surface area contributed by atoms with Crippen molar-refractivity contribution in [3.63, 3.8) is 0 Å². The minimum atomic E-state index is -0.0126. The average molecular weight is 367 g/mol. The van der Waals surface area contributed by atoms with Gasteiger partial charge < -0.3 is 14.4 Å². The Kier molecular flexibility index (Phi) is 6.00. The van der Waals surface area contributed by atoms with Crippen LogP contribution in [0.1, 0.15) is 18.4 Å². The quantitative estimate of drug-likeness (QED) is 0.695. The molecule has 1 aromatic carbocycles. The van der Waals surface area contributed by atoms with Crippen molar-refractivity contribution in [2.75, 3.05) is 47.0 Å². The lowest BCUT2D eigenvalue weighted by atomic mass is 9.79. The number of benzene rings is 1. The lowest BCUT2D eigenvalue weighted by molar-refractivity contribution is -0.141. The number of ether oxygens (including phenoxy) is 2. The molecule has 0 aromatic heterocycles. The summed E-state index contributed by atoms with van der Waals surface area (Å²) in [4.78, 5) is 15.5. The molecule has 2 aliphatic heterocycles. The van der Waals surface area contributed by atoms with E-state index in [0.717, 1.165) is 44.1 Å². The van der Waals surface area contributed by atoms with Crippen LogP contribution in [0.25, 0.3) is 0 Å². The number of hydrogen-bond donors (Lipinski definition) is 0. The topological polar surface area (TPSA) is 42.0 Å². The number of rotatable bonds is 7. The van der Waals surface area contributed by atoms with E-state index in [1.807, 2.05) is 12.1 Å². The first-order valence-electron chi connectivity index (χ1n) is 8.87. The highest BCUT2D eigenvalue weighted by atomic mass is 35.5. The number of amides is 1. The molecule has 2 fully saturated rings. The molecule has 2 heterocycles. The normalized spacial score (nSPS) is 22.1. The zero-order valence-electron chi connectivity index (χ0n) is 15.0. The highest BCUT2D eigenvalue weighted by molar-refractivity contribution is 6.30. The lowest BCUT2D eigenvalue weighted by Gasteiger charge is -2.50. The first-order valence-corrected chi connectivity index (χ1v) is 9.25. The van der Waals surface area contributed by atoms with E-state index in [1.165, 1.54) is 5.56 Å². The van der Waals surface area contributed by atoms with Crippen molar-refractivity contribution < 1.29 is 14.3 Å². The van der Waals surface area contributed by atoms with Gasteiger partial charge in [-0.2, -0.15) is 0 Å². The molecule has 1 spiro atoms. The molecule has 0 radical (unpaired) electrons. The molecule has 25 heavy (non-hydrogen) atoms. The van der Waals surface area contributed by atoms with Gasteiger partial charge in [0.25, 0.3) is 0 Å². The summed E-state index contributed by atoms with van der Waals surface area (Å²) in [6.07, 6.45) is 2.04. The second-order valence-electron chi connectivity index (χ2n) is 7.30. The second-order valence-corrected chi connectivity index (χ2v) is 7.74. The maximum Gasteiger partial charge on any atom is 0.248 e. The summed E-state index contributed by atoms with van der Waals surface area (Å²) in [5.74, 6) is 0.526. The van der Waals surface area contributed by atoms with Gasteiger partial charge in [-0.15, -0.1) is 0 Å². The number of likely N-dealkylation sites (N-methyl/N-ethyl adjacent to an activating group) is 1. The molecule has 1 unspecified atom stereocenters. The van der Waals surface area contributed by atoms with Crippen LogP contribution < -0.4 is 0 Å². The number of halogens is 1. The van der Waals surface area contributed by atoms with Crippen LogP contribution in [0.3, 0.4) is 0 Å². The maximum absolute atomic E-state index is 11.5. The van der Waals surface area contributed by atoms with Gasteiger partial charge in [-0.25, -0.2) is 0 Å². The first kappa shape index (κ1) is 18.6. The van der Waals surface area contributed by atoms with Crippen molar-refractivity contribution in [1.29, 1.82) is 0 Å². The van der Waals surface area contributed by atoms with E-state index in [9.17, 15) is 4.79 Å². The Labute approximate surface area is 154 Å². The molecule has 3 rings (SSSR count). The largest absolute Gasteiger partial charge is 0.372 e. The molecule has 0 N–H and O–H groups in total. The lowest BCUT2D eigenvalue weighted by Crippen LogP contribution is -2.64. The Morgan fingerprint density at radius 2 is 2.08 bits per heavy atom. The fourth-order valence-corrected chi connectivity index (χ4v) is 3.85. The molecule has 0 saturated carbocycles. The molecule has 0 aliphatic carbocycles. The fraction of sp³-hybridized carbons (Fsp3) is 0.632. The minimum Gasteiger partial charge on any atom is -0.372 e. The predicted molar refractivity (Wildman–Crippen MR) is 97.6 cm³/mol. The third-order valence-corrected chi connectivity index (χ3v) is 5.49. The van der Waals surface area contributed by atoms with Crippen molar-refractivity contribution in [3.05, 3.63) is 34.9 Å². The van der Waals surface area contributed by atoms with E-state index in [-0.39, 0.29) is 18.1 Å². The smallest absolute Gasteiger partial charge is 0.248 e. The fourth-order valence-electron chi connectivity index (χ4n) is 3.73. The van der Waals surface area contributed by atoms with Gasteiger partial charge in [0.1, 0.15) is 6.61 Å². The number of carbonyl (C=O) groups excluding carboxylic acids is 1. The molecule has 138 valence electrons. The molecule has 5 nitrogen and oxygen atoms in total. The van der Waals surface area contributed by atoms with Gasteiger partial charge in [-0.05, 0) is 36.5 Å². The van der Waals surface area contributed by atoms with E-state index in [2.05, 4.69) is 17.0 Å². The Morgan fingerprint density at radius 3 is 2.76 bits per heavy atom. The molecule has 2 aliphatic rings. The second kappa shape index (κ2) is 8.04. The van der Waals surface area contributed by atoms with Gasteiger partial charge >= 0.3 is 0 Å². The molecule has 0 bridgehead atoms. The maximum atomic E-state index is 11.5. The van der Waals surface area contributed by atoms with Crippen LogP contribution in [-0.4, -0.2) is 68.3 Å². The van der Waals surface area contributed by atoms with Crippen LogP contribution in [0, 0.1) is 5.92 Å². The van der Waals surface area contributed by atoms with Crippen molar-refractivity contribution in [1.82, 2.24) is 9.80 Å². The summed E-state index contributed by atoms with van der Waals surface area (Å²) < 4.78 is 11.6. The van der Waals surface area contributed by atoms with Gasteiger partial charge in [-0.1, -0.05) is 23.7 Å². The molecule has 1 aromatic rings. The van der Waals surface area contributed by atoms with Crippen LogP contribution >= 0.6 is 11.6 Å². The van der Waals surface area contributed by atoms with E-state index in [4.69, 9.17) is 21.1 Å². The van der Waals surface area contributed by atoms with E-state index in [1.54, 1.807) is 19.0 Å². The Balaban J connectivity index is 1.42. The molecule has 1 atom stereocenters. The minimum absolute atomic E-state index is 0.00942. The van der Waals surface area contributed by atoms with Gasteiger partial charge in [-0.3, -0.25) is 9.69 Å². The highest BCUT2D eigenvalue weighted by Gasteiger charge is 2.52. The Bertz CT molecular complexity index is 585. The van der Waals surface area contributed by atoms with Gasteiger partial charge in [0.2, 0.25) is 5.91 Å². The number of carbonyl (C=O) groups is 1. The van der Waals surface area contributed by atoms with Crippen LogP contribution in [0.2, 0.25) is 5.02 Å². The highest BCUT2D eigenvalue weighted by Crippen LogP contribution is 2.42. The van der Waals surface area contributed by atoms with Crippen LogP contribution in [0.4, 0.5) is 0 Å². The number of likely N-dealkylation sites (tertiary alicyclic amines) is 1. The van der Waals surface area contributed by atoms with Crippen LogP contribution in [0.5, 0.6) is 0 Å². The van der Waals surface area contributed by atoms with Crippen molar-refractivity contribution >= 4 is 17.5 Å². The summed E-state index contributed by atoms with van der Waals surface area (Å²) in [6.45, 7) is 4.48. The van der Waals surface area contributed by atoms with Crippen molar-refractivity contribution in [2.45, 2.75) is 25.0 Å². The molecule has 6 heteroatoms. The third kappa shape index (κ3) is 4.53. The summed E-state index contributed by atoms with van der Waals surface area (Å²) in [5.41, 5.74) is 1.26. The standard InChI is InChI=1S/C19H27ClN2O3/c1-21(2)18(23)12-24-9-7-16-8-10-25-19(16)13-22(14-19)11-15-3-5-17(20)6-4-15/h3-6,16H,7-14H2,1-2H3. The Hall–Kier alpha value is -1.14. The molecule has 2 saturated heterocycles. The molecular weight excluding hydrogens is 340 g/mol. The first-order chi connectivity index (χ1) is 12.0. The average Bonchev–Trinajstić information content (AvgIpc) is 2.96. The van der Waals surface area contributed by atoms with Gasteiger partial charge in [0, 0.05) is 52.0 Å². The monoisotopic (exact) mass is 366 g/mol. The van der Waals surface area contributed by atoms with E-state index in [0.29, 0.717) is 12.5 Å². The molecular formula is C19H27ClN2O3. The van der Waals surface area contributed by atoms with Gasteiger partial charge in [0.15, 0.2) is 0 Å². The predicted octanol–water partition coefficient (Wildman–Crippen LogP) is 2.43. The van der Waals surface area contributed by atoms with E-state index < -0.39 is 0 Å². The number of nitrogens with zero attached hydrogens (tertiary/aromatic N) is 2.